The maximum atomic E-state index is 5.98. The van der Waals surface area contributed by atoms with Crippen LogP contribution in [0.1, 0.15) is 17.5 Å². The molecule has 1 aliphatic heterocycles. The molecule has 1 atom stereocenters. The van der Waals surface area contributed by atoms with Crippen LogP contribution in [0.25, 0.3) is 0 Å². The van der Waals surface area contributed by atoms with Gasteiger partial charge in [0.05, 0.1) is 0 Å². The normalized spacial score (nSPS) is 20.8. The Morgan fingerprint density at radius 1 is 1.53 bits per heavy atom. The molecule has 1 aromatic rings. The van der Waals surface area contributed by atoms with Gasteiger partial charge in [0, 0.05) is 23.4 Å². The Morgan fingerprint density at radius 2 is 2.40 bits per heavy atom. The lowest BCUT2D eigenvalue weighted by atomic mass is 10.1. The fourth-order valence-electron chi connectivity index (χ4n) is 1.77. The van der Waals surface area contributed by atoms with Gasteiger partial charge < -0.3 is 5.32 Å². The first-order chi connectivity index (χ1) is 7.25. The number of nitrogens with one attached hydrogen (secondary N) is 1. The van der Waals surface area contributed by atoms with Crippen molar-refractivity contribution in [3.05, 3.63) is 34.3 Å². The lowest BCUT2D eigenvalue weighted by Gasteiger charge is -2.11. The van der Waals surface area contributed by atoms with E-state index in [1.165, 1.54) is 23.5 Å². The molecule has 1 nitrogen and oxygen atoms in total. The van der Waals surface area contributed by atoms with Crippen molar-refractivity contribution in [1.29, 1.82) is 0 Å². The van der Waals surface area contributed by atoms with E-state index in [2.05, 4.69) is 24.4 Å². The summed E-state index contributed by atoms with van der Waals surface area (Å²) in [5.74, 6) is 2.56. The third kappa shape index (κ3) is 3.13. The van der Waals surface area contributed by atoms with E-state index in [1.54, 1.807) is 0 Å². The number of aryl methyl sites for hydroxylation is 1. The van der Waals surface area contributed by atoms with Gasteiger partial charge in [0.2, 0.25) is 0 Å². The molecule has 0 saturated carbocycles. The second kappa shape index (κ2) is 5.24. The van der Waals surface area contributed by atoms with Crippen molar-refractivity contribution in [2.45, 2.75) is 25.9 Å². The summed E-state index contributed by atoms with van der Waals surface area (Å²) >= 11 is 8.02. The van der Waals surface area contributed by atoms with Crippen molar-refractivity contribution >= 4 is 23.4 Å². The smallest absolute Gasteiger partial charge is 0.0435 e. The number of benzene rings is 1. The van der Waals surface area contributed by atoms with Gasteiger partial charge in [-0.1, -0.05) is 23.7 Å². The average molecular weight is 242 g/mol. The van der Waals surface area contributed by atoms with Crippen LogP contribution in [0.5, 0.6) is 0 Å². The summed E-state index contributed by atoms with van der Waals surface area (Å²) in [4.78, 5) is 0. The van der Waals surface area contributed by atoms with Crippen LogP contribution in [-0.2, 0) is 6.54 Å². The zero-order valence-electron chi connectivity index (χ0n) is 8.92. The van der Waals surface area contributed by atoms with Crippen molar-refractivity contribution in [1.82, 2.24) is 5.32 Å². The van der Waals surface area contributed by atoms with E-state index >= 15 is 0 Å². The van der Waals surface area contributed by atoms with E-state index in [0.717, 1.165) is 17.1 Å². The zero-order valence-corrected chi connectivity index (χ0v) is 10.5. The largest absolute Gasteiger partial charge is 0.309 e. The second-order valence-electron chi connectivity index (χ2n) is 4.02. The average Bonchev–Trinajstić information content (AvgIpc) is 2.73. The molecule has 0 amide bonds. The fourth-order valence-corrected chi connectivity index (χ4v) is 3.08. The molecule has 1 aromatic carbocycles. The van der Waals surface area contributed by atoms with Crippen LogP contribution in [0.2, 0.25) is 5.02 Å². The molecule has 3 heteroatoms. The van der Waals surface area contributed by atoms with Gasteiger partial charge in [-0.25, -0.2) is 0 Å². The van der Waals surface area contributed by atoms with Crippen LogP contribution in [0.15, 0.2) is 18.2 Å². The molecule has 1 aliphatic rings. The molecule has 1 saturated heterocycles. The Morgan fingerprint density at radius 3 is 3.07 bits per heavy atom. The zero-order chi connectivity index (χ0) is 10.7. The maximum Gasteiger partial charge on any atom is 0.0435 e. The topological polar surface area (TPSA) is 12.0 Å². The second-order valence-corrected chi connectivity index (χ2v) is 5.58. The van der Waals surface area contributed by atoms with Gasteiger partial charge in [0.1, 0.15) is 0 Å². The Bertz CT molecular complexity index is 334. The van der Waals surface area contributed by atoms with Gasteiger partial charge in [-0.15, -0.1) is 0 Å². The Hall–Kier alpha value is -0.180. The standard InChI is InChI=1S/C12H16ClNS/c1-9-6-10(2-3-12(9)13)7-14-11-4-5-15-8-11/h2-3,6,11,14H,4-5,7-8H2,1H3. The predicted molar refractivity (Wildman–Crippen MR) is 68.8 cm³/mol. The van der Waals surface area contributed by atoms with Gasteiger partial charge >= 0.3 is 0 Å². The third-order valence-corrected chi connectivity index (χ3v) is 4.33. The summed E-state index contributed by atoms with van der Waals surface area (Å²) in [7, 11) is 0. The predicted octanol–water partition coefficient (Wildman–Crippen LogP) is 3.24. The molecule has 0 bridgehead atoms. The van der Waals surface area contributed by atoms with Crippen LogP contribution >= 0.6 is 23.4 Å². The SMILES string of the molecule is Cc1cc(CNC2CCSC2)ccc1Cl. The van der Waals surface area contributed by atoms with Crippen LogP contribution in [0.3, 0.4) is 0 Å². The first kappa shape index (κ1) is 11.3. The summed E-state index contributed by atoms with van der Waals surface area (Å²) < 4.78 is 0. The van der Waals surface area contributed by atoms with E-state index in [-0.39, 0.29) is 0 Å². The highest BCUT2D eigenvalue weighted by Gasteiger charge is 2.14. The lowest BCUT2D eigenvalue weighted by molar-refractivity contribution is 0.558. The van der Waals surface area contributed by atoms with E-state index in [9.17, 15) is 0 Å². The quantitative estimate of drug-likeness (QED) is 0.872. The van der Waals surface area contributed by atoms with Crippen molar-refractivity contribution in [2.24, 2.45) is 0 Å². The van der Waals surface area contributed by atoms with Crippen molar-refractivity contribution in [3.63, 3.8) is 0 Å². The van der Waals surface area contributed by atoms with Crippen molar-refractivity contribution < 1.29 is 0 Å². The number of halogens is 1. The Labute approximate surface area is 101 Å². The summed E-state index contributed by atoms with van der Waals surface area (Å²) in [6, 6.07) is 6.95. The number of hydrogen-bond donors (Lipinski definition) is 1. The van der Waals surface area contributed by atoms with Crippen molar-refractivity contribution in [3.8, 4) is 0 Å². The minimum Gasteiger partial charge on any atom is -0.309 e. The molecule has 0 radical (unpaired) electrons. The van der Waals surface area contributed by atoms with Crippen LogP contribution in [0.4, 0.5) is 0 Å². The monoisotopic (exact) mass is 241 g/mol. The van der Waals surface area contributed by atoms with E-state index in [0.29, 0.717) is 6.04 Å². The van der Waals surface area contributed by atoms with Gasteiger partial charge in [0.15, 0.2) is 0 Å². The molecular weight excluding hydrogens is 226 g/mol. The number of thioether (sulfide) groups is 1. The molecule has 15 heavy (non-hydrogen) atoms. The summed E-state index contributed by atoms with van der Waals surface area (Å²) in [6.45, 7) is 3.01. The molecular formula is C12H16ClNS. The maximum absolute atomic E-state index is 5.98. The molecule has 1 fully saturated rings. The summed E-state index contributed by atoms with van der Waals surface area (Å²) in [5.41, 5.74) is 2.49. The summed E-state index contributed by atoms with van der Waals surface area (Å²) in [6.07, 6.45) is 1.30. The van der Waals surface area contributed by atoms with Crippen LogP contribution in [-0.4, -0.2) is 17.5 Å². The van der Waals surface area contributed by atoms with Gasteiger partial charge in [-0.2, -0.15) is 11.8 Å². The van der Waals surface area contributed by atoms with E-state index < -0.39 is 0 Å². The molecule has 2 rings (SSSR count). The molecule has 82 valence electrons. The first-order valence-electron chi connectivity index (χ1n) is 5.32. The highest BCUT2D eigenvalue weighted by atomic mass is 35.5. The van der Waals surface area contributed by atoms with Gasteiger partial charge in [-0.05, 0) is 36.3 Å². The van der Waals surface area contributed by atoms with Crippen LogP contribution < -0.4 is 5.32 Å². The molecule has 1 N–H and O–H groups in total. The molecule has 0 spiro atoms. The first-order valence-corrected chi connectivity index (χ1v) is 6.85. The van der Waals surface area contributed by atoms with E-state index in [4.69, 9.17) is 11.6 Å². The van der Waals surface area contributed by atoms with Gasteiger partial charge in [0.25, 0.3) is 0 Å². The molecule has 0 aromatic heterocycles. The van der Waals surface area contributed by atoms with Crippen molar-refractivity contribution in [2.75, 3.05) is 11.5 Å². The minimum atomic E-state index is 0.700. The molecule has 1 heterocycles. The highest BCUT2D eigenvalue weighted by molar-refractivity contribution is 7.99. The number of hydrogen-bond acceptors (Lipinski definition) is 2. The minimum absolute atomic E-state index is 0.700. The third-order valence-electron chi connectivity index (χ3n) is 2.75. The Kier molecular flexibility index (Phi) is 3.95. The fraction of sp³-hybridized carbons (Fsp3) is 0.500. The summed E-state index contributed by atoms with van der Waals surface area (Å²) in [5, 5.41) is 4.44. The van der Waals surface area contributed by atoms with Gasteiger partial charge in [-0.3, -0.25) is 0 Å². The molecule has 1 unspecified atom stereocenters. The number of rotatable bonds is 3. The molecule has 0 aliphatic carbocycles. The van der Waals surface area contributed by atoms with E-state index in [1.807, 2.05) is 17.8 Å². The lowest BCUT2D eigenvalue weighted by Crippen LogP contribution is -2.27. The highest BCUT2D eigenvalue weighted by Crippen LogP contribution is 2.19. The Balaban J connectivity index is 1.90. The van der Waals surface area contributed by atoms with Crippen LogP contribution in [0, 0.1) is 6.92 Å².